The van der Waals surface area contributed by atoms with Gasteiger partial charge in [0.2, 0.25) is 0 Å². The lowest BCUT2D eigenvalue weighted by Crippen LogP contribution is -2.48. The average Bonchev–Trinajstić information content (AvgIpc) is 2.34. The van der Waals surface area contributed by atoms with Crippen LogP contribution in [-0.4, -0.2) is 45.7 Å². The van der Waals surface area contributed by atoms with Crippen LogP contribution in [0.15, 0.2) is 0 Å². The Bertz CT molecular complexity index is 297. The molecule has 5 heteroatoms. The predicted molar refractivity (Wildman–Crippen MR) is 67.1 cm³/mol. The molecule has 0 heterocycles. The zero-order valence-corrected chi connectivity index (χ0v) is 11.1. The zero-order valence-electron chi connectivity index (χ0n) is 11.1. The molecule has 1 atom stereocenters. The first-order chi connectivity index (χ1) is 8.43. The Labute approximate surface area is 108 Å². The zero-order chi connectivity index (χ0) is 13.7. The highest BCUT2D eigenvalue weighted by Crippen LogP contribution is 2.27. The third-order valence-electron chi connectivity index (χ3n) is 3.56. The van der Waals surface area contributed by atoms with Gasteiger partial charge in [-0.2, -0.15) is 0 Å². The molecule has 1 unspecified atom stereocenters. The van der Waals surface area contributed by atoms with E-state index in [4.69, 9.17) is 5.11 Å². The molecule has 0 radical (unpaired) electrons. The third-order valence-corrected chi connectivity index (χ3v) is 3.56. The number of carbonyl (C=O) groups excluding carboxylic acids is 1. The van der Waals surface area contributed by atoms with Crippen LogP contribution in [-0.2, 0) is 9.59 Å². The maximum Gasteiger partial charge on any atom is 0.323 e. The van der Waals surface area contributed by atoms with Crippen molar-refractivity contribution >= 4 is 11.9 Å². The molecular weight excluding hydrogens is 234 g/mol. The minimum atomic E-state index is -1.05. The number of carboxylic acids is 1. The summed E-state index contributed by atoms with van der Waals surface area (Å²) in [5.74, 6) is -1.51. The molecule has 0 saturated heterocycles. The van der Waals surface area contributed by atoms with Gasteiger partial charge >= 0.3 is 5.97 Å². The van der Waals surface area contributed by atoms with E-state index in [1.54, 1.807) is 13.8 Å². The van der Waals surface area contributed by atoms with E-state index in [1.807, 2.05) is 0 Å². The lowest BCUT2D eigenvalue weighted by Gasteiger charge is -2.32. The second kappa shape index (κ2) is 6.73. The molecule has 104 valence electrons. The number of hydrogen-bond donors (Lipinski definition) is 2. The SMILES string of the molecule is CC(C)N(CC(=O)O)C(=O)C(O)C1CCCCC1. The van der Waals surface area contributed by atoms with Crippen LogP contribution in [0.5, 0.6) is 0 Å². The summed E-state index contributed by atoms with van der Waals surface area (Å²) in [6.07, 6.45) is 3.88. The summed E-state index contributed by atoms with van der Waals surface area (Å²) in [5.41, 5.74) is 0. The summed E-state index contributed by atoms with van der Waals surface area (Å²) >= 11 is 0. The summed E-state index contributed by atoms with van der Waals surface area (Å²) < 4.78 is 0. The molecule has 1 rings (SSSR count). The predicted octanol–water partition coefficient (Wildman–Crippen LogP) is 1.25. The molecule has 18 heavy (non-hydrogen) atoms. The Hall–Kier alpha value is -1.10. The number of carbonyl (C=O) groups is 2. The van der Waals surface area contributed by atoms with E-state index < -0.39 is 18.0 Å². The Morgan fingerprint density at radius 3 is 2.22 bits per heavy atom. The summed E-state index contributed by atoms with van der Waals surface area (Å²) in [7, 11) is 0. The number of rotatable bonds is 5. The molecule has 0 aromatic heterocycles. The summed E-state index contributed by atoms with van der Waals surface area (Å²) in [6.45, 7) is 3.17. The van der Waals surface area contributed by atoms with E-state index in [-0.39, 0.29) is 18.5 Å². The topological polar surface area (TPSA) is 77.8 Å². The molecule has 0 bridgehead atoms. The van der Waals surface area contributed by atoms with Crippen LogP contribution in [0.4, 0.5) is 0 Å². The van der Waals surface area contributed by atoms with Gasteiger partial charge in [0.15, 0.2) is 0 Å². The Kier molecular flexibility index (Phi) is 5.59. The first kappa shape index (κ1) is 15.0. The van der Waals surface area contributed by atoms with Crippen LogP contribution in [0.3, 0.4) is 0 Å². The monoisotopic (exact) mass is 257 g/mol. The lowest BCUT2D eigenvalue weighted by molar-refractivity contribution is -0.152. The number of hydrogen-bond acceptors (Lipinski definition) is 3. The van der Waals surface area contributed by atoms with E-state index in [0.29, 0.717) is 0 Å². The highest BCUT2D eigenvalue weighted by atomic mass is 16.4. The second-order valence-electron chi connectivity index (χ2n) is 5.30. The minimum absolute atomic E-state index is 0.0127. The van der Waals surface area contributed by atoms with Crippen LogP contribution in [0.1, 0.15) is 46.0 Å². The van der Waals surface area contributed by atoms with Gasteiger partial charge in [-0.15, -0.1) is 0 Å². The van der Waals surface area contributed by atoms with Gasteiger partial charge in [-0.25, -0.2) is 0 Å². The van der Waals surface area contributed by atoms with Gasteiger partial charge in [0, 0.05) is 6.04 Å². The van der Waals surface area contributed by atoms with Crippen molar-refractivity contribution in [1.82, 2.24) is 4.90 Å². The molecule has 1 fully saturated rings. The van der Waals surface area contributed by atoms with E-state index in [1.165, 1.54) is 4.90 Å². The normalized spacial score (nSPS) is 18.7. The molecular formula is C13H23NO4. The van der Waals surface area contributed by atoms with Gasteiger partial charge in [0.05, 0.1) is 0 Å². The van der Waals surface area contributed by atoms with Crippen molar-refractivity contribution < 1.29 is 19.8 Å². The van der Waals surface area contributed by atoms with Crippen LogP contribution in [0.2, 0.25) is 0 Å². The lowest BCUT2D eigenvalue weighted by atomic mass is 9.84. The molecule has 2 N–H and O–H groups in total. The molecule has 0 spiro atoms. The van der Waals surface area contributed by atoms with Crippen molar-refractivity contribution in [3.8, 4) is 0 Å². The highest BCUT2D eigenvalue weighted by molar-refractivity contribution is 5.85. The molecule has 1 aliphatic rings. The van der Waals surface area contributed by atoms with E-state index in [2.05, 4.69) is 0 Å². The highest BCUT2D eigenvalue weighted by Gasteiger charge is 2.32. The number of aliphatic carboxylic acids is 1. The fourth-order valence-corrected chi connectivity index (χ4v) is 2.48. The largest absolute Gasteiger partial charge is 0.480 e. The first-order valence-electron chi connectivity index (χ1n) is 6.63. The van der Waals surface area contributed by atoms with Crippen LogP contribution < -0.4 is 0 Å². The smallest absolute Gasteiger partial charge is 0.323 e. The van der Waals surface area contributed by atoms with Crippen molar-refractivity contribution in [3.63, 3.8) is 0 Å². The fraction of sp³-hybridized carbons (Fsp3) is 0.846. The molecule has 1 aliphatic carbocycles. The van der Waals surface area contributed by atoms with Crippen molar-refractivity contribution in [2.24, 2.45) is 5.92 Å². The maximum atomic E-state index is 12.1. The van der Waals surface area contributed by atoms with Crippen LogP contribution in [0.25, 0.3) is 0 Å². The molecule has 1 saturated carbocycles. The molecule has 0 aromatic carbocycles. The Balaban J connectivity index is 2.65. The number of nitrogens with zero attached hydrogens (tertiary/aromatic N) is 1. The summed E-state index contributed by atoms with van der Waals surface area (Å²) in [5, 5.41) is 18.9. The number of aliphatic hydroxyl groups is 1. The van der Waals surface area contributed by atoms with E-state index in [9.17, 15) is 14.7 Å². The first-order valence-corrected chi connectivity index (χ1v) is 6.63. The maximum absolute atomic E-state index is 12.1. The molecule has 0 aromatic rings. The van der Waals surface area contributed by atoms with Crippen molar-refractivity contribution in [2.75, 3.05) is 6.54 Å². The van der Waals surface area contributed by atoms with Crippen LogP contribution >= 0.6 is 0 Å². The molecule has 1 amide bonds. The van der Waals surface area contributed by atoms with Crippen LogP contribution in [0, 0.1) is 5.92 Å². The fourth-order valence-electron chi connectivity index (χ4n) is 2.48. The summed E-state index contributed by atoms with van der Waals surface area (Å²) in [4.78, 5) is 24.1. The second-order valence-corrected chi connectivity index (χ2v) is 5.30. The standard InChI is InChI=1S/C13H23NO4/c1-9(2)14(8-11(15)16)13(18)12(17)10-6-4-3-5-7-10/h9-10,12,17H,3-8H2,1-2H3,(H,15,16). The van der Waals surface area contributed by atoms with Gasteiger partial charge < -0.3 is 15.1 Å². The number of carboxylic acid groups (broad SMARTS) is 1. The van der Waals surface area contributed by atoms with Crippen molar-refractivity contribution in [3.05, 3.63) is 0 Å². The Morgan fingerprint density at radius 1 is 1.22 bits per heavy atom. The van der Waals surface area contributed by atoms with Crippen molar-refractivity contribution in [1.29, 1.82) is 0 Å². The number of aliphatic hydroxyl groups excluding tert-OH is 1. The van der Waals surface area contributed by atoms with Gasteiger partial charge in [0.1, 0.15) is 12.6 Å². The van der Waals surface area contributed by atoms with Gasteiger partial charge in [-0.1, -0.05) is 19.3 Å². The minimum Gasteiger partial charge on any atom is -0.480 e. The van der Waals surface area contributed by atoms with E-state index >= 15 is 0 Å². The van der Waals surface area contributed by atoms with Crippen molar-refractivity contribution in [2.45, 2.75) is 58.1 Å². The van der Waals surface area contributed by atoms with Gasteiger partial charge in [-0.3, -0.25) is 9.59 Å². The van der Waals surface area contributed by atoms with Gasteiger partial charge in [-0.05, 0) is 32.6 Å². The summed E-state index contributed by atoms with van der Waals surface area (Å²) in [6, 6.07) is -0.216. The van der Waals surface area contributed by atoms with Gasteiger partial charge in [0.25, 0.3) is 5.91 Å². The third kappa shape index (κ3) is 3.98. The quantitative estimate of drug-likeness (QED) is 0.777. The Morgan fingerprint density at radius 2 is 1.78 bits per heavy atom. The van der Waals surface area contributed by atoms with E-state index in [0.717, 1.165) is 32.1 Å². The number of amides is 1. The average molecular weight is 257 g/mol. The molecule has 0 aliphatic heterocycles. The molecule has 5 nitrogen and oxygen atoms in total.